The zero-order valence-corrected chi connectivity index (χ0v) is 12.1. The summed E-state index contributed by atoms with van der Waals surface area (Å²) in [7, 11) is 0. The second-order valence-electron chi connectivity index (χ2n) is 4.84. The number of nitrogens with one attached hydrogen (secondary N) is 1. The number of likely N-dealkylation sites (tertiary alicyclic amines) is 1. The maximum absolute atomic E-state index is 11.7. The maximum Gasteiger partial charge on any atom is 0.320 e. The van der Waals surface area contributed by atoms with Gasteiger partial charge in [0.15, 0.2) is 6.73 Å². The lowest BCUT2D eigenvalue weighted by Crippen LogP contribution is -2.39. The Morgan fingerprint density at radius 1 is 1.32 bits per heavy atom. The van der Waals surface area contributed by atoms with Gasteiger partial charge in [-0.05, 0) is 49.9 Å². The van der Waals surface area contributed by atoms with Gasteiger partial charge in [0.05, 0.1) is 0 Å². The summed E-state index contributed by atoms with van der Waals surface area (Å²) < 4.78 is 5.54. The van der Waals surface area contributed by atoms with E-state index in [0.29, 0.717) is 0 Å². The van der Waals surface area contributed by atoms with Crippen molar-refractivity contribution >= 4 is 17.6 Å². The number of hydrogen-bond acceptors (Lipinski definition) is 2. The highest BCUT2D eigenvalue weighted by molar-refractivity contribution is 6.32. The molecule has 0 bridgehead atoms. The number of nitrogens with zero attached hydrogens (tertiary/aromatic N) is 1. The number of hydrogen-bond donors (Lipinski definition) is 1. The Balaban J connectivity index is 1.84. The van der Waals surface area contributed by atoms with Crippen LogP contribution in [0.1, 0.15) is 24.0 Å². The van der Waals surface area contributed by atoms with Crippen LogP contribution < -0.4 is 10.1 Å². The van der Waals surface area contributed by atoms with E-state index in [1.165, 1.54) is 0 Å². The third-order valence-corrected chi connectivity index (χ3v) is 3.86. The van der Waals surface area contributed by atoms with Gasteiger partial charge < -0.3 is 15.0 Å². The van der Waals surface area contributed by atoms with Crippen molar-refractivity contribution in [2.24, 2.45) is 0 Å². The summed E-state index contributed by atoms with van der Waals surface area (Å²) in [4.78, 5) is 13.5. The third kappa shape index (κ3) is 3.53. The van der Waals surface area contributed by atoms with Gasteiger partial charge in [-0.2, -0.15) is 0 Å². The molecule has 1 aromatic carbocycles. The second kappa shape index (κ2) is 6.15. The van der Waals surface area contributed by atoms with Crippen molar-refractivity contribution in [2.45, 2.75) is 26.7 Å². The average Bonchev–Trinajstić information content (AvgIpc) is 2.89. The Hall–Kier alpha value is -1.42. The molecule has 0 aliphatic carbocycles. The Morgan fingerprint density at radius 3 is 2.47 bits per heavy atom. The van der Waals surface area contributed by atoms with E-state index in [4.69, 9.17) is 16.3 Å². The molecule has 0 spiro atoms. The molecule has 1 aliphatic heterocycles. The van der Waals surface area contributed by atoms with Crippen molar-refractivity contribution < 1.29 is 9.53 Å². The van der Waals surface area contributed by atoms with Gasteiger partial charge in [-0.1, -0.05) is 11.6 Å². The van der Waals surface area contributed by atoms with Crippen LogP contribution in [0.25, 0.3) is 0 Å². The molecule has 0 atom stereocenters. The average molecular weight is 283 g/mol. The van der Waals surface area contributed by atoms with E-state index < -0.39 is 0 Å². The maximum atomic E-state index is 11.7. The molecule has 4 nitrogen and oxygen atoms in total. The molecule has 1 fully saturated rings. The molecule has 0 saturated carbocycles. The highest BCUT2D eigenvalue weighted by atomic mass is 35.5. The molecular weight excluding hydrogens is 264 g/mol. The van der Waals surface area contributed by atoms with E-state index in [0.717, 1.165) is 47.8 Å². The third-order valence-electron chi connectivity index (χ3n) is 3.27. The van der Waals surface area contributed by atoms with Gasteiger partial charge in [-0.3, -0.25) is 0 Å². The lowest BCUT2D eigenvalue weighted by Gasteiger charge is -2.17. The van der Waals surface area contributed by atoms with Gasteiger partial charge in [-0.15, -0.1) is 0 Å². The lowest BCUT2D eigenvalue weighted by atomic mass is 10.1. The molecule has 1 heterocycles. The van der Waals surface area contributed by atoms with E-state index >= 15 is 0 Å². The number of rotatable bonds is 3. The molecule has 2 amide bonds. The van der Waals surface area contributed by atoms with Crippen LogP contribution in [0, 0.1) is 13.8 Å². The Kier molecular flexibility index (Phi) is 4.53. The van der Waals surface area contributed by atoms with Crippen LogP contribution in [0.3, 0.4) is 0 Å². The molecule has 1 N–H and O–H groups in total. The fraction of sp³-hybridized carbons (Fsp3) is 0.500. The predicted molar refractivity (Wildman–Crippen MR) is 75.8 cm³/mol. The molecule has 1 aliphatic rings. The first-order valence-electron chi connectivity index (χ1n) is 6.50. The first-order chi connectivity index (χ1) is 9.08. The summed E-state index contributed by atoms with van der Waals surface area (Å²) in [5, 5.41) is 3.52. The number of urea groups is 1. The number of amides is 2. The smallest absolute Gasteiger partial charge is 0.320 e. The lowest BCUT2D eigenvalue weighted by molar-refractivity contribution is 0.194. The van der Waals surface area contributed by atoms with Crippen LogP contribution in [0.15, 0.2) is 12.1 Å². The summed E-state index contributed by atoms with van der Waals surface area (Å²) in [5.41, 5.74) is 1.95. The number of benzene rings is 1. The second-order valence-corrected chi connectivity index (χ2v) is 5.21. The quantitative estimate of drug-likeness (QED) is 0.866. The van der Waals surface area contributed by atoms with Gasteiger partial charge in [0.2, 0.25) is 0 Å². The van der Waals surface area contributed by atoms with Crippen molar-refractivity contribution in [2.75, 3.05) is 19.8 Å². The zero-order valence-electron chi connectivity index (χ0n) is 11.3. The van der Waals surface area contributed by atoms with Crippen LogP contribution in [0.4, 0.5) is 4.79 Å². The normalized spacial score (nSPS) is 14.6. The highest BCUT2D eigenvalue weighted by Gasteiger charge is 2.17. The van der Waals surface area contributed by atoms with Gasteiger partial charge in [-0.25, -0.2) is 4.79 Å². The minimum Gasteiger partial charge on any atom is -0.473 e. The Morgan fingerprint density at radius 2 is 1.89 bits per heavy atom. The molecule has 104 valence electrons. The molecule has 1 saturated heterocycles. The zero-order chi connectivity index (χ0) is 13.8. The van der Waals surface area contributed by atoms with E-state index in [9.17, 15) is 4.79 Å². The van der Waals surface area contributed by atoms with E-state index in [1.54, 1.807) is 0 Å². The number of aryl methyl sites for hydroxylation is 2. The molecule has 19 heavy (non-hydrogen) atoms. The van der Waals surface area contributed by atoms with Gasteiger partial charge >= 0.3 is 6.03 Å². The van der Waals surface area contributed by atoms with Crippen LogP contribution in [-0.4, -0.2) is 30.8 Å². The number of carbonyl (C=O) groups excluding carboxylic acids is 1. The topological polar surface area (TPSA) is 41.6 Å². The summed E-state index contributed by atoms with van der Waals surface area (Å²) in [6.07, 6.45) is 2.17. The SMILES string of the molecule is Cc1cc(OCNC(=O)N2CCCC2)cc(C)c1Cl. The number of ether oxygens (including phenoxy) is 1. The molecule has 0 aromatic heterocycles. The monoisotopic (exact) mass is 282 g/mol. The standard InChI is InChI=1S/C14H19ClN2O2/c1-10-7-12(8-11(2)13(10)15)19-9-16-14(18)17-5-3-4-6-17/h7-8H,3-6,9H2,1-2H3,(H,16,18). The predicted octanol–water partition coefficient (Wildman–Crippen LogP) is 3.10. The van der Waals surface area contributed by atoms with Gasteiger partial charge in [0.25, 0.3) is 0 Å². The van der Waals surface area contributed by atoms with Crippen molar-refractivity contribution in [3.8, 4) is 5.75 Å². The fourth-order valence-electron chi connectivity index (χ4n) is 2.20. The molecular formula is C14H19ClN2O2. The van der Waals surface area contributed by atoms with Gasteiger partial charge in [0.1, 0.15) is 5.75 Å². The van der Waals surface area contributed by atoms with Crippen LogP contribution in [0.5, 0.6) is 5.75 Å². The molecule has 0 unspecified atom stereocenters. The van der Waals surface area contributed by atoms with E-state index in [2.05, 4.69) is 5.32 Å². The number of carbonyl (C=O) groups is 1. The fourth-order valence-corrected chi connectivity index (χ4v) is 2.31. The first kappa shape index (κ1) is 14.0. The highest BCUT2D eigenvalue weighted by Crippen LogP contribution is 2.25. The summed E-state index contributed by atoms with van der Waals surface area (Å²) in [6.45, 7) is 5.72. The van der Waals surface area contributed by atoms with Crippen LogP contribution in [0.2, 0.25) is 5.02 Å². The van der Waals surface area contributed by atoms with Crippen molar-refractivity contribution in [3.05, 3.63) is 28.3 Å². The van der Waals surface area contributed by atoms with Crippen molar-refractivity contribution in [3.63, 3.8) is 0 Å². The van der Waals surface area contributed by atoms with E-state index in [1.807, 2.05) is 30.9 Å². The largest absolute Gasteiger partial charge is 0.473 e. The Bertz CT molecular complexity index is 448. The van der Waals surface area contributed by atoms with Crippen molar-refractivity contribution in [1.82, 2.24) is 10.2 Å². The van der Waals surface area contributed by atoms with Gasteiger partial charge in [0, 0.05) is 18.1 Å². The summed E-state index contributed by atoms with van der Waals surface area (Å²) in [6, 6.07) is 3.69. The molecule has 1 aromatic rings. The molecule has 2 rings (SSSR count). The minimum atomic E-state index is -0.0556. The van der Waals surface area contributed by atoms with E-state index in [-0.39, 0.29) is 12.8 Å². The van der Waals surface area contributed by atoms with Crippen LogP contribution in [-0.2, 0) is 0 Å². The number of halogens is 1. The van der Waals surface area contributed by atoms with Crippen LogP contribution >= 0.6 is 11.6 Å². The summed E-state index contributed by atoms with van der Waals surface area (Å²) >= 11 is 6.09. The van der Waals surface area contributed by atoms with Crippen molar-refractivity contribution in [1.29, 1.82) is 0 Å². The summed E-state index contributed by atoms with van der Waals surface area (Å²) in [5.74, 6) is 0.723. The minimum absolute atomic E-state index is 0.0556. The molecule has 5 heteroatoms. The Labute approximate surface area is 118 Å². The molecule has 0 radical (unpaired) electrons. The first-order valence-corrected chi connectivity index (χ1v) is 6.88.